The summed E-state index contributed by atoms with van der Waals surface area (Å²) in [6.07, 6.45) is 1.86. The molecule has 2 amide bonds. The molecule has 13 nitrogen and oxygen atoms in total. The van der Waals surface area contributed by atoms with E-state index in [4.69, 9.17) is 23.7 Å². The van der Waals surface area contributed by atoms with Gasteiger partial charge < -0.3 is 39.4 Å². The molecule has 1 aliphatic rings. The van der Waals surface area contributed by atoms with Crippen molar-refractivity contribution in [1.82, 2.24) is 15.5 Å². The number of carbonyl (C=O) groups excluding carboxylic acids is 3. The molecule has 0 radical (unpaired) electrons. The minimum atomic E-state index is -0.507. The van der Waals surface area contributed by atoms with Crippen LogP contribution < -0.4 is 20.1 Å². The minimum Gasteiger partial charge on any atom is -0.507 e. The summed E-state index contributed by atoms with van der Waals surface area (Å²) in [6, 6.07) is 4.39. The van der Waals surface area contributed by atoms with Crippen molar-refractivity contribution in [1.29, 1.82) is 0 Å². The van der Waals surface area contributed by atoms with Crippen LogP contribution in [0.2, 0.25) is 0 Å². The smallest absolute Gasteiger partial charge is 0.407 e. The number of amides is 2. The molecular formula is C24H32N4O9. The van der Waals surface area contributed by atoms with Crippen LogP contribution in [0.25, 0.3) is 0 Å². The lowest BCUT2D eigenvalue weighted by atomic mass is 10.0. The highest BCUT2D eigenvalue weighted by atomic mass is 16.6. The Morgan fingerprint density at radius 3 is 2.78 bits per heavy atom. The number of alkyl carbamates (subject to hydrolysis) is 1. The molecule has 4 N–H and O–H groups in total. The maximum absolute atomic E-state index is 12.3. The number of rotatable bonds is 14. The summed E-state index contributed by atoms with van der Waals surface area (Å²) < 4.78 is 26.1. The van der Waals surface area contributed by atoms with Gasteiger partial charge in [0.25, 0.3) is 5.91 Å². The Balaban J connectivity index is 1.42. The van der Waals surface area contributed by atoms with E-state index < -0.39 is 18.6 Å². The molecule has 0 saturated heterocycles. The number of H-pyrrole nitrogens is 1. The molecule has 0 bridgehead atoms. The Kier molecular flexibility index (Phi) is 10.5. The van der Waals surface area contributed by atoms with Crippen LogP contribution in [-0.2, 0) is 19.0 Å². The number of hydrogen-bond acceptors (Lipinski definition) is 10. The number of benzene rings is 1. The number of aromatic amines is 1. The first-order chi connectivity index (χ1) is 17.9. The molecule has 2 atom stereocenters. The van der Waals surface area contributed by atoms with Crippen molar-refractivity contribution in [2.45, 2.75) is 31.3 Å². The molecule has 1 aromatic carbocycles. The van der Waals surface area contributed by atoms with Gasteiger partial charge in [0.05, 0.1) is 32.5 Å². The van der Waals surface area contributed by atoms with Gasteiger partial charge in [-0.05, 0) is 19.3 Å². The zero-order valence-corrected chi connectivity index (χ0v) is 20.8. The number of ether oxygens (including phenoxy) is 5. The fourth-order valence-corrected chi connectivity index (χ4v) is 3.87. The van der Waals surface area contributed by atoms with E-state index in [9.17, 15) is 19.5 Å². The Morgan fingerprint density at radius 2 is 2.03 bits per heavy atom. The van der Waals surface area contributed by atoms with Gasteiger partial charge in [-0.3, -0.25) is 14.7 Å². The van der Waals surface area contributed by atoms with Crippen molar-refractivity contribution in [3.63, 3.8) is 0 Å². The first-order valence-electron chi connectivity index (χ1n) is 11.8. The molecule has 37 heavy (non-hydrogen) atoms. The summed E-state index contributed by atoms with van der Waals surface area (Å²) in [5.74, 6) is -0.122. The van der Waals surface area contributed by atoms with Crippen LogP contribution in [0.5, 0.6) is 17.2 Å². The molecule has 1 aliphatic carbocycles. The molecule has 1 heterocycles. The van der Waals surface area contributed by atoms with Gasteiger partial charge >= 0.3 is 6.09 Å². The average molecular weight is 521 g/mol. The number of methoxy groups -OCH3 is 2. The monoisotopic (exact) mass is 520 g/mol. The molecule has 202 valence electrons. The second kappa shape index (κ2) is 14.0. The summed E-state index contributed by atoms with van der Waals surface area (Å²) >= 11 is 0. The zero-order valence-electron chi connectivity index (χ0n) is 20.8. The summed E-state index contributed by atoms with van der Waals surface area (Å²) in [5, 5.41) is 22.2. The molecule has 0 spiro atoms. The number of carbonyl (C=O) groups is 3. The van der Waals surface area contributed by atoms with Crippen LogP contribution in [0, 0.1) is 0 Å². The van der Waals surface area contributed by atoms with Gasteiger partial charge in [0.2, 0.25) is 0 Å². The van der Waals surface area contributed by atoms with Gasteiger partial charge in [0.1, 0.15) is 23.4 Å². The first kappa shape index (κ1) is 27.7. The number of phenolic OH excluding ortho intramolecular Hbond substituents is 1. The molecule has 3 rings (SSSR count). The standard InChI is InChI=1S/C24H32N4O9/c1-33-7-8-35-6-5-25-24(32)37-16-4-3-15(9-16)19-12-22(28-27-19)26-23(31)14-36-21-11-17(34-2)10-20(30)18(21)13-29/h10-13,15-16,30H,3-9,14H2,1-2H3,(H,25,32)(H2,26,27,28,31)/t15-,16+/m0/s1. The number of nitrogens with one attached hydrogen (secondary N) is 3. The van der Waals surface area contributed by atoms with Crippen molar-refractivity contribution in [3.8, 4) is 17.2 Å². The fourth-order valence-electron chi connectivity index (χ4n) is 3.87. The summed E-state index contributed by atoms with van der Waals surface area (Å²) in [4.78, 5) is 35.6. The van der Waals surface area contributed by atoms with E-state index in [1.54, 1.807) is 13.2 Å². The van der Waals surface area contributed by atoms with Gasteiger partial charge in [-0.15, -0.1) is 0 Å². The van der Waals surface area contributed by atoms with Crippen LogP contribution in [-0.4, -0.2) is 86.9 Å². The number of aromatic nitrogens is 2. The van der Waals surface area contributed by atoms with Crippen LogP contribution in [0.15, 0.2) is 18.2 Å². The molecule has 1 aromatic heterocycles. The Hall–Kier alpha value is -3.84. The molecule has 13 heteroatoms. The predicted molar refractivity (Wildman–Crippen MR) is 130 cm³/mol. The Morgan fingerprint density at radius 1 is 1.19 bits per heavy atom. The first-order valence-corrected chi connectivity index (χ1v) is 11.8. The van der Waals surface area contributed by atoms with E-state index in [1.807, 2.05) is 0 Å². The Labute approximate surface area is 213 Å². The third-order valence-electron chi connectivity index (χ3n) is 5.72. The van der Waals surface area contributed by atoms with Crippen LogP contribution in [0.3, 0.4) is 0 Å². The topological polar surface area (TPSA) is 170 Å². The quantitative estimate of drug-likeness (QED) is 0.213. The minimum absolute atomic E-state index is 0.0179. The number of aldehydes is 1. The van der Waals surface area contributed by atoms with Crippen molar-refractivity contribution >= 4 is 24.1 Å². The summed E-state index contributed by atoms with van der Waals surface area (Å²) in [6.45, 7) is 1.27. The molecule has 2 aromatic rings. The SMILES string of the molecule is COCCOCCNC(=O)O[C@@H]1CC[C@H](c2cc(NC(=O)COc3cc(OC)cc(O)c3C=O)n[nH]2)C1. The summed E-state index contributed by atoms with van der Waals surface area (Å²) in [5.41, 5.74) is 0.730. The van der Waals surface area contributed by atoms with E-state index in [-0.39, 0.29) is 34.8 Å². The lowest BCUT2D eigenvalue weighted by molar-refractivity contribution is -0.118. The van der Waals surface area contributed by atoms with Crippen molar-refractivity contribution in [3.05, 3.63) is 29.5 Å². The lowest BCUT2D eigenvalue weighted by Crippen LogP contribution is -2.31. The van der Waals surface area contributed by atoms with Gasteiger partial charge in [0.15, 0.2) is 18.7 Å². The Bertz CT molecular complexity index is 1060. The van der Waals surface area contributed by atoms with E-state index in [0.717, 1.165) is 12.1 Å². The highest BCUT2D eigenvalue weighted by Gasteiger charge is 2.30. The van der Waals surface area contributed by atoms with Crippen molar-refractivity contribution < 1.29 is 43.2 Å². The fraction of sp³-hybridized carbons (Fsp3) is 0.500. The zero-order chi connectivity index (χ0) is 26.6. The van der Waals surface area contributed by atoms with Gasteiger partial charge in [-0.2, -0.15) is 5.10 Å². The maximum Gasteiger partial charge on any atom is 0.407 e. The number of aromatic hydroxyl groups is 1. The number of anilines is 1. The maximum atomic E-state index is 12.3. The average Bonchev–Trinajstić information content (AvgIpc) is 3.54. The van der Waals surface area contributed by atoms with Gasteiger partial charge in [-0.25, -0.2) is 4.79 Å². The van der Waals surface area contributed by atoms with Crippen LogP contribution in [0.4, 0.5) is 10.6 Å². The van der Waals surface area contributed by atoms with Gasteiger partial charge in [-0.1, -0.05) is 0 Å². The second-order valence-electron chi connectivity index (χ2n) is 8.29. The van der Waals surface area contributed by atoms with Crippen LogP contribution in [0.1, 0.15) is 41.2 Å². The highest BCUT2D eigenvalue weighted by molar-refractivity contribution is 5.91. The van der Waals surface area contributed by atoms with Gasteiger partial charge in [0, 0.05) is 43.5 Å². The predicted octanol–water partition coefficient (Wildman–Crippen LogP) is 1.98. The normalized spacial score (nSPS) is 16.7. The van der Waals surface area contributed by atoms with Crippen molar-refractivity contribution in [2.75, 3.05) is 52.5 Å². The van der Waals surface area contributed by atoms with E-state index in [1.165, 1.54) is 19.2 Å². The van der Waals surface area contributed by atoms with Crippen LogP contribution >= 0.6 is 0 Å². The largest absolute Gasteiger partial charge is 0.507 e. The lowest BCUT2D eigenvalue weighted by Gasteiger charge is -2.13. The third kappa shape index (κ3) is 8.36. The molecular weight excluding hydrogens is 488 g/mol. The van der Waals surface area contributed by atoms with E-state index >= 15 is 0 Å². The second-order valence-corrected chi connectivity index (χ2v) is 8.29. The van der Waals surface area contributed by atoms with E-state index in [2.05, 4.69) is 20.8 Å². The summed E-state index contributed by atoms with van der Waals surface area (Å²) in [7, 11) is 2.99. The molecule has 0 aliphatic heterocycles. The number of phenols is 1. The molecule has 1 fully saturated rings. The molecule has 0 unspecified atom stereocenters. The third-order valence-corrected chi connectivity index (χ3v) is 5.72. The number of nitrogens with zero attached hydrogens (tertiary/aromatic N) is 1. The number of hydrogen-bond donors (Lipinski definition) is 4. The molecule has 1 saturated carbocycles. The van der Waals surface area contributed by atoms with Crippen molar-refractivity contribution in [2.24, 2.45) is 0 Å². The highest BCUT2D eigenvalue weighted by Crippen LogP contribution is 2.36. The van der Waals surface area contributed by atoms with E-state index in [0.29, 0.717) is 51.3 Å².